The maximum Gasteiger partial charge on any atom is 0.328 e. The number of fused-ring (bicyclic) bond motifs is 1. The molecule has 0 atom stereocenters. The topological polar surface area (TPSA) is 72.8 Å². The van der Waals surface area contributed by atoms with E-state index in [0.29, 0.717) is 11.7 Å². The van der Waals surface area contributed by atoms with Crippen LogP contribution in [0.3, 0.4) is 0 Å². The molecule has 0 radical (unpaired) electrons. The number of benzene rings is 1. The van der Waals surface area contributed by atoms with Crippen LogP contribution in [0.5, 0.6) is 11.8 Å². The van der Waals surface area contributed by atoms with Crippen molar-refractivity contribution >= 4 is 28.5 Å². The number of nitrogens with zero attached hydrogens (tertiary/aromatic N) is 4. The number of nitrogens with one attached hydrogen (secondary N) is 1. The average Bonchev–Trinajstić information content (AvgIpc) is 2.47. The van der Waals surface area contributed by atoms with Crippen molar-refractivity contribution < 1.29 is 4.74 Å². The van der Waals surface area contributed by atoms with Crippen molar-refractivity contribution in [1.29, 1.82) is 0 Å². The molecule has 0 aliphatic heterocycles. The molecule has 0 aliphatic rings. The summed E-state index contributed by atoms with van der Waals surface area (Å²) in [6.45, 7) is 0. The Morgan fingerprint density at radius 2 is 2.00 bits per heavy atom. The number of aromatic nitrogens is 4. The molecule has 3 rings (SSSR count). The summed E-state index contributed by atoms with van der Waals surface area (Å²) in [6, 6.07) is 9.47. The van der Waals surface area contributed by atoms with E-state index in [9.17, 15) is 0 Å². The molecule has 0 spiro atoms. The van der Waals surface area contributed by atoms with Crippen molar-refractivity contribution in [3.05, 3.63) is 41.8 Å². The summed E-state index contributed by atoms with van der Waals surface area (Å²) < 4.78 is 5.69. The lowest BCUT2D eigenvalue weighted by atomic mass is 10.2. The van der Waals surface area contributed by atoms with Crippen LogP contribution in [0.4, 0.5) is 5.95 Å². The predicted octanol–water partition coefficient (Wildman–Crippen LogP) is 2.91. The molecule has 0 amide bonds. The van der Waals surface area contributed by atoms with Gasteiger partial charge in [-0.1, -0.05) is 6.07 Å². The van der Waals surface area contributed by atoms with Gasteiger partial charge >= 0.3 is 6.01 Å². The van der Waals surface area contributed by atoms with Crippen molar-refractivity contribution in [3.63, 3.8) is 0 Å². The molecule has 1 N–H and O–H groups in total. The van der Waals surface area contributed by atoms with Gasteiger partial charge in [0.2, 0.25) is 11.2 Å². The zero-order chi connectivity index (χ0) is 13.9. The summed E-state index contributed by atoms with van der Waals surface area (Å²) in [7, 11) is 1.69. The van der Waals surface area contributed by atoms with Crippen LogP contribution in [-0.4, -0.2) is 27.0 Å². The molecule has 100 valence electrons. The molecule has 2 aromatic heterocycles. The van der Waals surface area contributed by atoms with Crippen LogP contribution in [0, 0.1) is 0 Å². The predicted molar refractivity (Wildman–Crippen MR) is 76.2 cm³/mol. The van der Waals surface area contributed by atoms with Crippen LogP contribution in [0.1, 0.15) is 0 Å². The first-order valence-electron chi connectivity index (χ1n) is 5.87. The Balaban J connectivity index is 2.03. The van der Waals surface area contributed by atoms with Crippen LogP contribution in [0.15, 0.2) is 36.5 Å². The first kappa shape index (κ1) is 12.6. The lowest BCUT2D eigenvalue weighted by Crippen LogP contribution is -2.01. The van der Waals surface area contributed by atoms with E-state index >= 15 is 0 Å². The third kappa shape index (κ3) is 2.46. The number of pyridine rings is 1. The van der Waals surface area contributed by atoms with E-state index in [-0.39, 0.29) is 11.3 Å². The standard InChI is InChI=1S/C13H10ClN5O/c1-15-12-17-11(14)18-13(19-12)20-10-6-2-5-9-8(10)4-3-7-16-9/h2-7H,1H3,(H,15,17,18,19). The van der Waals surface area contributed by atoms with Crippen LogP contribution in [0.25, 0.3) is 10.9 Å². The fourth-order valence-corrected chi connectivity index (χ4v) is 1.90. The highest BCUT2D eigenvalue weighted by atomic mass is 35.5. The van der Waals surface area contributed by atoms with E-state index in [4.69, 9.17) is 16.3 Å². The van der Waals surface area contributed by atoms with Crippen molar-refractivity contribution in [2.75, 3.05) is 12.4 Å². The van der Waals surface area contributed by atoms with Gasteiger partial charge in [0.05, 0.1) is 5.52 Å². The molecule has 0 fully saturated rings. The van der Waals surface area contributed by atoms with E-state index in [0.717, 1.165) is 10.9 Å². The van der Waals surface area contributed by atoms with E-state index < -0.39 is 0 Å². The van der Waals surface area contributed by atoms with Gasteiger partial charge in [-0.2, -0.15) is 15.0 Å². The Hall–Kier alpha value is -2.47. The van der Waals surface area contributed by atoms with E-state index in [1.807, 2.05) is 30.3 Å². The lowest BCUT2D eigenvalue weighted by molar-refractivity contribution is 0.445. The van der Waals surface area contributed by atoms with Crippen LogP contribution in [0.2, 0.25) is 5.28 Å². The number of rotatable bonds is 3. The second kappa shape index (κ2) is 5.26. The van der Waals surface area contributed by atoms with E-state index in [1.165, 1.54) is 0 Å². The highest BCUT2D eigenvalue weighted by Crippen LogP contribution is 2.27. The Kier molecular flexibility index (Phi) is 3.30. The smallest absolute Gasteiger partial charge is 0.328 e. The molecular weight excluding hydrogens is 278 g/mol. The average molecular weight is 288 g/mol. The van der Waals surface area contributed by atoms with Gasteiger partial charge in [0, 0.05) is 18.6 Å². The highest BCUT2D eigenvalue weighted by Gasteiger charge is 2.08. The molecule has 6 nitrogen and oxygen atoms in total. The van der Waals surface area contributed by atoms with Crippen molar-refractivity contribution in [3.8, 4) is 11.8 Å². The minimum absolute atomic E-state index is 0.0673. The van der Waals surface area contributed by atoms with E-state index in [1.54, 1.807) is 13.2 Å². The van der Waals surface area contributed by atoms with Gasteiger partial charge in [0.1, 0.15) is 5.75 Å². The van der Waals surface area contributed by atoms with E-state index in [2.05, 4.69) is 25.3 Å². The maximum atomic E-state index is 5.82. The summed E-state index contributed by atoms with van der Waals surface area (Å²) in [5.41, 5.74) is 0.832. The second-order valence-electron chi connectivity index (χ2n) is 3.89. The molecule has 0 unspecified atom stereocenters. The third-order valence-corrected chi connectivity index (χ3v) is 2.79. The summed E-state index contributed by atoms with van der Waals surface area (Å²) >= 11 is 5.82. The van der Waals surface area contributed by atoms with Gasteiger partial charge in [-0.15, -0.1) is 0 Å². The number of hydrogen-bond donors (Lipinski definition) is 1. The zero-order valence-electron chi connectivity index (χ0n) is 10.5. The largest absolute Gasteiger partial charge is 0.423 e. The molecule has 20 heavy (non-hydrogen) atoms. The Morgan fingerprint density at radius 3 is 2.85 bits per heavy atom. The molecule has 3 aromatic rings. The van der Waals surface area contributed by atoms with Crippen LogP contribution in [-0.2, 0) is 0 Å². The van der Waals surface area contributed by atoms with Crippen molar-refractivity contribution in [1.82, 2.24) is 19.9 Å². The van der Waals surface area contributed by atoms with Gasteiger partial charge in [0.15, 0.2) is 0 Å². The summed E-state index contributed by atoms with van der Waals surface area (Å²) in [4.78, 5) is 16.2. The summed E-state index contributed by atoms with van der Waals surface area (Å²) in [5.74, 6) is 0.957. The fourth-order valence-electron chi connectivity index (χ4n) is 1.75. The zero-order valence-corrected chi connectivity index (χ0v) is 11.3. The third-order valence-electron chi connectivity index (χ3n) is 2.62. The number of hydrogen-bond acceptors (Lipinski definition) is 6. The maximum absolute atomic E-state index is 5.82. The minimum Gasteiger partial charge on any atom is -0.423 e. The summed E-state index contributed by atoms with van der Waals surface area (Å²) in [6.07, 6.45) is 1.73. The first-order chi connectivity index (χ1) is 9.76. The van der Waals surface area contributed by atoms with Crippen molar-refractivity contribution in [2.45, 2.75) is 0 Å². The number of ether oxygens (including phenoxy) is 1. The monoisotopic (exact) mass is 287 g/mol. The first-order valence-corrected chi connectivity index (χ1v) is 6.25. The summed E-state index contributed by atoms with van der Waals surface area (Å²) in [5, 5.41) is 3.73. The Labute approximate surface area is 119 Å². The molecule has 2 heterocycles. The normalized spacial score (nSPS) is 10.5. The van der Waals surface area contributed by atoms with Gasteiger partial charge in [-0.3, -0.25) is 4.98 Å². The number of halogens is 1. The Morgan fingerprint density at radius 1 is 1.10 bits per heavy atom. The van der Waals surface area contributed by atoms with Gasteiger partial charge < -0.3 is 10.1 Å². The number of anilines is 1. The lowest BCUT2D eigenvalue weighted by Gasteiger charge is -2.07. The van der Waals surface area contributed by atoms with Crippen molar-refractivity contribution in [2.24, 2.45) is 0 Å². The quantitative estimate of drug-likeness (QED) is 0.798. The minimum atomic E-state index is 0.0673. The molecule has 7 heteroatoms. The Bertz CT molecular complexity index is 759. The van der Waals surface area contributed by atoms with Crippen LogP contribution < -0.4 is 10.1 Å². The highest BCUT2D eigenvalue weighted by molar-refractivity contribution is 6.28. The fraction of sp³-hybridized carbons (Fsp3) is 0.0769. The SMILES string of the molecule is CNc1nc(Cl)nc(Oc2cccc3ncccc23)n1. The second-order valence-corrected chi connectivity index (χ2v) is 4.23. The molecule has 0 saturated heterocycles. The molecule has 1 aromatic carbocycles. The molecule has 0 bridgehead atoms. The van der Waals surface area contributed by atoms with Gasteiger partial charge in [-0.25, -0.2) is 0 Å². The van der Waals surface area contributed by atoms with Gasteiger partial charge in [-0.05, 0) is 35.9 Å². The molecule has 0 saturated carbocycles. The van der Waals surface area contributed by atoms with Crippen LogP contribution >= 0.6 is 11.6 Å². The van der Waals surface area contributed by atoms with Gasteiger partial charge in [0.25, 0.3) is 0 Å². The molecule has 0 aliphatic carbocycles. The molecular formula is C13H10ClN5O.